The van der Waals surface area contributed by atoms with Crippen molar-refractivity contribution in [1.29, 1.82) is 0 Å². The summed E-state index contributed by atoms with van der Waals surface area (Å²) in [5.41, 5.74) is 3.21. The third-order valence-corrected chi connectivity index (χ3v) is 6.29. The van der Waals surface area contributed by atoms with Crippen molar-refractivity contribution in [3.8, 4) is 0 Å². The van der Waals surface area contributed by atoms with Crippen molar-refractivity contribution >= 4 is 22.7 Å². The Bertz CT molecular complexity index is 1100. The molecular formula is C25H24N2OS. The summed E-state index contributed by atoms with van der Waals surface area (Å²) in [5, 5.41) is 1.53. The lowest BCUT2D eigenvalue weighted by Crippen LogP contribution is -2.23. The quantitative estimate of drug-likeness (QED) is 0.279. The summed E-state index contributed by atoms with van der Waals surface area (Å²) in [7, 11) is 0. The molecule has 4 rings (SSSR count). The molecule has 0 radical (unpaired) electrons. The normalized spacial score (nSPS) is 11.2. The van der Waals surface area contributed by atoms with Crippen molar-refractivity contribution in [3.63, 3.8) is 0 Å². The molecule has 0 aliphatic heterocycles. The monoisotopic (exact) mass is 400 g/mol. The van der Waals surface area contributed by atoms with Gasteiger partial charge in [0.2, 0.25) is 0 Å². The van der Waals surface area contributed by atoms with Gasteiger partial charge in [-0.25, -0.2) is 4.98 Å². The fraction of sp³-hybridized carbons (Fsp3) is 0.200. The molecule has 3 nitrogen and oxygen atoms in total. The van der Waals surface area contributed by atoms with Gasteiger partial charge < -0.3 is 0 Å². The van der Waals surface area contributed by atoms with Crippen molar-refractivity contribution in [1.82, 2.24) is 9.55 Å². The summed E-state index contributed by atoms with van der Waals surface area (Å²) >= 11 is 1.65. The van der Waals surface area contributed by atoms with Crippen molar-refractivity contribution in [2.24, 2.45) is 0 Å². The number of para-hydroxylation sites is 1. The summed E-state index contributed by atoms with van der Waals surface area (Å²) in [6.07, 6.45) is 1.99. The molecule has 0 amide bonds. The van der Waals surface area contributed by atoms with E-state index < -0.39 is 0 Å². The first kappa shape index (κ1) is 19.5. The SMILES string of the molecule is CCCCn1c(SC(c2ccccc2)c2ccccc2)nc2ccccc2c1=O. The van der Waals surface area contributed by atoms with Crippen LogP contribution in [0, 0.1) is 0 Å². The lowest BCUT2D eigenvalue weighted by atomic mass is 10.0. The Kier molecular flexibility index (Phi) is 6.11. The molecule has 29 heavy (non-hydrogen) atoms. The van der Waals surface area contributed by atoms with Crippen LogP contribution in [0.1, 0.15) is 36.1 Å². The van der Waals surface area contributed by atoms with Crippen LogP contribution >= 0.6 is 11.8 Å². The first-order chi connectivity index (χ1) is 14.3. The molecule has 146 valence electrons. The van der Waals surface area contributed by atoms with Crippen LogP contribution in [-0.2, 0) is 6.54 Å². The van der Waals surface area contributed by atoms with Crippen LogP contribution < -0.4 is 5.56 Å². The lowest BCUT2D eigenvalue weighted by Gasteiger charge is -2.20. The highest BCUT2D eigenvalue weighted by Gasteiger charge is 2.20. The van der Waals surface area contributed by atoms with Crippen LogP contribution in [0.5, 0.6) is 0 Å². The molecule has 0 aliphatic rings. The number of unbranched alkanes of at least 4 members (excludes halogenated alkanes) is 1. The second kappa shape index (κ2) is 9.10. The van der Waals surface area contributed by atoms with Crippen molar-refractivity contribution in [3.05, 3.63) is 106 Å². The first-order valence-corrected chi connectivity index (χ1v) is 10.9. The highest BCUT2D eigenvalue weighted by atomic mass is 32.2. The fourth-order valence-electron chi connectivity index (χ4n) is 3.44. The van der Waals surface area contributed by atoms with Gasteiger partial charge >= 0.3 is 0 Å². The Balaban J connectivity index is 1.84. The van der Waals surface area contributed by atoms with Gasteiger partial charge in [-0.1, -0.05) is 97.9 Å². The van der Waals surface area contributed by atoms with Gasteiger partial charge in [-0.05, 0) is 29.7 Å². The van der Waals surface area contributed by atoms with E-state index in [0.717, 1.165) is 23.5 Å². The second-order valence-electron chi connectivity index (χ2n) is 7.04. The van der Waals surface area contributed by atoms with Gasteiger partial charge in [0.25, 0.3) is 5.56 Å². The fourth-order valence-corrected chi connectivity index (χ4v) is 4.69. The molecule has 0 aliphatic carbocycles. The van der Waals surface area contributed by atoms with Crippen LogP contribution in [-0.4, -0.2) is 9.55 Å². The van der Waals surface area contributed by atoms with Crippen LogP contribution in [0.25, 0.3) is 10.9 Å². The summed E-state index contributed by atoms with van der Waals surface area (Å²) in [6.45, 7) is 2.83. The van der Waals surface area contributed by atoms with Crippen molar-refractivity contribution in [2.45, 2.75) is 36.7 Å². The first-order valence-electron chi connectivity index (χ1n) is 10.0. The van der Waals surface area contributed by atoms with E-state index in [1.807, 2.05) is 41.0 Å². The molecule has 4 heteroatoms. The molecular weight excluding hydrogens is 376 g/mol. The van der Waals surface area contributed by atoms with E-state index in [1.165, 1.54) is 11.1 Å². The average molecular weight is 401 g/mol. The highest BCUT2D eigenvalue weighted by molar-refractivity contribution is 7.99. The smallest absolute Gasteiger partial charge is 0.262 e. The molecule has 4 aromatic rings. The zero-order chi connectivity index (χ0) is 20.1. The number of hydrogen-bond donors (Lipinski definition) is 0. The zero-order valence-electron chi connectivity index (χ0n) is 16.5. The maximum atomic E-state index is 13.2. The molecule has 3 aromatic carbocycles. The van der Waals surface area contributed by atoms with E-state index in [0.29, 0.717) is 11.9 Å². The van der Waals surface area contributed by atoms with Gasteiger partial charge in [-0.2, -0.15) is 0 Å². The van der Waals surface area contributed by atoms with Crippen LogP contribution in [0.4, 0.5) is 0 Å². The largest absolute Gasteiger partial charge is 0.287 e. The number of benzene rings is 3. The van der Waals surface area contributed by atoms with E-state index in [4.69, 9.17) is 4.98 Å². The molecule has 0 atom stereocenters. The van der Waals surface area contributed by atoms with Crippen LogP contribution in [0.2, 0.25) is 0 Å². The van der Waals surface area contributed by atoms with Gasteiger partial charge in [0.05, 0.1) is 16.2 Å². The summed E-state index contributed by atoms with van der Waals surface area (Å²) in [4.78, 5) is 18.1. The topological polar surface area (TPSA) is 34.9 Å². The Morgan fingerprint density at radius 1 is 0.862 bits per heavy atom. The predicted octanol–water partition coefficient (Wildman–Crippen LogP) is 6.08. The number of thioether (sulfide) groups is 1. The van der Waals surface area contributed by atoms with Gasteiger partial charge in [-0.15, -0.1) is 0 Å². The van der Waals surface area contributed by atoms with E-state index >= 15 is 0 Å². The van der Waals surface area contributed by atoms with E-state index in [-0.39, 0.29) is 10.8 Å². The van der Waals surface area contributed by atoms with Crippen LogP contribution in [0.3, 0.4) is 0 Å². The second-order valence-corrected chi connectivity index (χ2v) is 8.11. The van der Waals surface area contributed by atoms with Gasteiger partial charge in [-0.3, -0.25) is 9.36 Å². The van der Waals surface area contributed by atoms with Crippen LogP contribution in [0.15, 0.2) is 94.9 Å². The molecule has 0 spiro atoms. The van der Waals surface area contributed by atoms with Gasteiger partial charge in [0.15, 0.2) is 5.16 Å². The average Bonchev–Trinajstić information content (AvgIpc) is 2.78. The Labute approximate surface area is 175 Å². The maximum Gasteiger partial charge on any atom is 0.262 e. The number of rotatable bonds is 7. The number of nitrogens with zero attached hydrogens (tertiary/aromatic N) is 2. The third kappa shape index (κ3) is 4.28. The van der Waals surface area contributed by atoms with Crippen molar-refractivity contribution < 1.29 is 0 Å². The Morgan fingerprint density at radius 2 is 1.45 bits per heavy atom. The minimum absolute atomic E-state index is 0.0476. The molecule has 0 N–H and O–H groups in total. The van der Waals surface area contributed by atoms with E-state index in [2.05, 4.69) is 55.5 Å². The van der Waals surface area contributed by atoms with E-state index in [1.54, 1.807) is 11.8 Å². The molecule has 1 heterocycles. The summed E-state index contributed by atoms with van der Waals surface area (Å²) < 4.78 is 1.86. The number of hydrogen-bond acceptors (Lipinski definition) is 3. The number of aromatic nitrogens is 2. The third-order valence-electron chi connectivity index (χ3n) is 4.99. The lowest BCUT2D eigenvalue weighted by molar-refractivity contribution is 0.557. The standard InChI is InChI=1S/C25H24N2OS/c1-2-3-18-27-24(28)21-16-10-11-17-22(21)26-25(27)29-23(19-12-6-4-7-13-19)20-14-8-5-9-15-20/h4-17,23H,2-3,18H2,1H3. The minimum Gasteiger partial charge on any atom is -0.287 e. The van der Waals surface area contributed by atoms with E-state index in [9.17, 15) is 4.79 Å². The predicted molar refractivity (Wildman–Crippen MR) is 121 cm³/mol. The molecule has 0 bridgehead atoms. The molecule has 0 saturated heterocycles. The minimum atomic E-state index is 0.0476. The summed E-state index contributed by atoms with van der Waals surface area (Å²) in [6, 6.07) is 28.5. The Hall–Kier alpha value is -2.85. The van der Waals surface area contributed by atoms with Gasteiger partial charge in [0.1, 0.15) is 0 Å². The Morgan fingerprint density at radius 3 is 2.07 bits per heavy atom. The van der Waals surface area contributed by atoms with Crippen molar-refractivity contribution in [2.75, 3.05) is 0 Å². The molecule has 0 unspecified atom stereocenters. The summed E-state index contributed by atoms with van der Waals surface area (Å²) in [5.74, 6) is 0. The molecule has 0 saturated carbocycles. The zero-order valence-corrected chi connectivity index (χ0v) is 17.3. The highest BCUT2D eigenvalue weighted by Crippen LogP contribution is 2.39. The molecule has 0 fully saturated rings. The number of fused-ring (bicyclic) bond motifs is 1. The maximum absolute atomic E-state index is 13.2. The molecule has 1 aromatic heterocycles. The van der Waals surface area contributed by atoms with Gasteiger partial charge in [0, 0.05) is 6.54 Å².